The number of carbonyl (C=O) groups excluding carboxylic acids is 1. The van der Waals surface area contributed by atoms with Crippen molar-refractivity contribution in [2.24, 2.45) is 0 Å². The van der Waals surface area contributed by atoms with E-state index >= 15 is 0 Å². The number of hydrogen-bond donors (Lipinski definition) is 1. The van der Waals surface area contributed by atoms with Crippen LogP contribution in [0.25, 0.3) is 0 Å². The van der Waals surface area contributed by atoms with E-state index < -0.39 is 5.60 Å². The molecule has 0 aliphatic heterocycles. The Hall–Kier alpha value is -0.740. The summed E-state index contributed by atoms with van der Waals surface area (Å²) in [6.07, 6.45) is 3.96. The molecule has 0 bridgehead atoms. The van der Waals surface area contributed by atoms with Gasteiger partial charge in [0.1, 0.15) is 11.4 Å². The molecule has 1 aliphatic carbocycles. The van der Waals surface area contributed by atoms with Crippen LogP contribution < -0.4 is 0 Å². The van der Waals surface area contributed by atoms with Crippen molar-refractivity contribution in [1.29, 1.82) is 0 Å². The molecule has 0 unspecified atom stereocenters. The number of ketones is 1. The third-order valence-electron chi connectivity index (χ3n) is 3.56. The summed E-state index contributed by atoms with van der Waals surface area (Å²) >= 11 is 3.30. The predicted octanol–water partition coefficient (Wildman–Crippen LogP) is 3.40. The number of hydrogen-bond acceptors (Lipinski definition) is 2. The fraction of sp³-hybridized carbons (Fsp3) is 0.500. The molecule has 1 aromatic carbocycles. The number of aliphatic hydroxyl groups is 1. The molecule has 1 aromatic rings. The maximum absolute atomic E-state index is 13.1. The van der Waals surface area contributed by atoms with Crippen LogP contribution in [-0.2, 0) is 11.2 Å². The standard InChI is InChI=1S/C14H16BrFO2/c15-12-5-4-11(16)8-10(12)9-13(17)14(18)6-2-1-3-7-14/h4-5,8,18H,1-3,6-7,9H2. The second kappa shape index (κ2) is 5.49. The first-order valence-electron chi connectivity index (χ1n) is 6.21. The summed E-state index contributed by atoms with van der Waals surface area (Å²) in [5.41, 5.74) is -0.608. The zero-order valence-electron chi connectivity index (χ0n) is 10.1. The lowest BCUT2D eigenvalue weighted by molar-refractivity contribution is -0.139. The number of Topliss-reactive ketones (excluding diaryl/α,β-unsaturated/α-hetero) is 1. The smallest absolute Gasteiger partial charge is 0.168 e. The zero-order chi connectivity index (χ0) is 13.2. The van der Waals surface area contributed by atoms with E-state index in [2.05, 4.69) is 15.9 Å². The highest BCUT2D eigenvalue weighted by molar-refractivity contribution is 9.10. The molecule has 2 nitrogen and oxygen atoms in total. The molecule has 1 N–H and O–H groups in total. The van der Waals surface area contributed by atoms with E-state index in [9.17, 15) is 14.3 Å². The molecular weight excluding hydrogens is 299 g/mol. The van der Waals surface area contributed by atoms with Crippen molar-refractivity contribution < 1.29 is 14.3 Å². The highest BCUT2D eigenvalue weighted by Gasteiger charge is 2.36. The van der Waals surface area contributed by atoms with Gasteiger partial charge in [-0.25, -0.2) is 4.39 Å². The molecule has 0 saturated heterocycles. The minimum Gasteiger partial charge on any atom is -0.382 e. The van der Waals surface area contributed by atoms with Crippen molar-refractivity contribution >= 4 is 21.7 Å². The van der Waals surface area contributed by atoms with E-state index in [0.29, 0.717) is 22.9 Å². The van der Waals surface area contributed by atoms with Gasteiger partial charge in [-0.3, -0.25) is 4.79 Å². The second-order valence-corrected chi connectivity index (χ2v) is 5.78. The Morgan fingerprint density at radius 3 is 2.67 bits per heavy atom. The maximum Gasteiger partial charge on any atom is 0.168 e. The van der Waals surface area contributed by atoms with Gasteiger partial charge in [-0.05, 0) is 36.6 Å². The molecule has 1 aliphatic rings. The zero-order valence-corrected chi connectivity index (χ0v) is 11.7. The van der Waals surface area contributed by atoms with Gasteiger partial charge in [0.25, 0.3) is 0 Å². The Labute approximate surface area is 114 Å². The van der Waals surface area contributed by atoms with Gasteiger partial charge in [0.15, 0.2) is 5.78 Å². The lowest BCUT2D eigenvalue weighted by atomic mass is 9.80. The number of benzene rings is 1. The largest absolute Gasteiger partial charge is 0.382 e. The van der Waals surface area contributed by atoms with E-state index in [4.69, 9.17) is 0 Å². The first kappa shape index (κ1) is 13.7. The van der Waals surface area contributed by atoms with Crippen LogP contribution in [0.1, 0.15) is 37.7 Å². The molecule has 0 radical (unpaired) electrons. The van der Waals surface area contributed by atoms with Crippen LogP contribution in [0.5, 0.6) is 0 Å². The Balaban J connectivity index is 2.13. The van der Waals surface area contributed by atoms with Crippen LogP contribution >= 0.6 is 15.9 Å². The summed E-state index contributed by atoms with van der Waals surface area (Å²) in [5, 5.41) is 10.3. The van der Waals surface area contributed by atoms with Crippen molar-refractivity contribution in [3.8, 4) is 0 Å². The van der Waals surface area contributed by atoms with E-state index in [-0.39, 0.29) is 18.0 Å². The molecule has 1 fully saturated rings. The van der Waals surface area contributed by atoms with Gasteiger partial charge >= 0.3 is 0 Å². The SMILES string of the molecule is O=C(Cc1cc(F)ccc1Br)C1(O)CCCCC1. The summed E-state index contributed by atoms with van der Waals surface area (Å²) < 4.78 is 13.8. The van der Waals surface area contributed by atoms with Crippen LogP contribution in [-0.4, -0.2) is 16.5 Å². The monoisotopic (exact) mass is 314 g/mol. The number of halogens is 2. The van der Waals surface area contributed by atoms with E-state index in [0.717, 1.165) is 19.3 Å². The quantitative estimate of drug-likeness (QED) is 0.928. The topological polar surface area (TPSA) is 37.3 Å². The van der Waals surface area contributed by atoms with Gasteiger partial charge in [0.2, 0.25) is 0 Å². The number of rotatable bonds is 3. The van der Waals surface area contributed by atoms with Gasteiger partial charge < -0.3 is 5.11 Å². The molecular formula is C14H16BrFO2. The molecule has 0 heterocycles. The fourth-order valence-electron chi connectivity index (χ4n) is 2.43. The van der Waals surface area contributed by atoms with Crippen molar-refractivity contribution in [2.45, 2.75) is 44.1 Å². The predicted molar refractivity (Wildman–Crippen MR) is 70.8 cm³/mol. The van der Waals surface area contributed by atoms with Crippen molar-refractivity contribution in [3.63, 3.8) is 0 Å². The van der Waals surface area contributed by atoms with E-state index in [1.54, 1.807) is 6.07 Å². The van der Waals surface area contributed by atoms with Gasteiger partial charge in [-0.15, -0.1) is 0 Å². The summed E-state index contributed by atoms with van der Waals surface area (Å²) in [6.45, 7) is 0. The summed E-state index contributed by atoms with van der Waals surface area (Å²) in [5.74, 6) is -0.565. The maximum atomic E-state index is 13.1. The Bertz CT molecular complexity index is 453. The first-order valence-corrected chi connectivity index (χ1v) is 7.00. The summed E-state index contributed by atoms with van der Waals surface area (Å²) in [7, 11) is 0. The molecule has 2 rings (SSSR count). The minimum atomic E-state index is -1.20. The fourth-order valence-corrected chi connectivity index (χ4v) is 2.82. The molecule has 0 spiro atoms. The van der Waals surface area contributed by atoms with Gasteiger partial charge in [0, 0.05) is 10.9 Å². The Kier molecular flexibility index (Phi) is 4.17. The normalized spacial score (nSPS) is 18.6. The Morgan fingerprint density at radius 2 is 2.00 bits per heavy atom. The van der Waals surface area contributed by atoms with Gasteiger partial charge in [-0.2, -0.15) is 0 Å². The van der Waals surface area contributed by atoms with Crippen LogP contribution in [0.3, 0.4) is 0 Å². The summed E-state index contributed by atoms with van der Waals surface area (Å²) in [4.78, 5) is 12.2. The van der Waals surface area contributed by atoms with Crippen LogP contribution in [0.15, 0.2) is 22.7 Å². The van der Waals surface area contributed by atoms with E-state index in [1.165, 1.54) is 12.1 Å². The third kappa shape index (κ3) is 2.98. The molecule has 18 heavy (non-hydrogen) atoms. The second-order valence-electron chi connectivity index (χ2n) is 4.93. The van der Waals surface area contributed by atoms with Crippen LogP contribution in [0.2, 0.25) is 0 Å². The molecule has 1 saturated carbocycles. The first-order chi connectivity index (χ1) is 8.51. The molecule has 0 atom stereocenters. The molecule has 0 amide bonds. The van der Waals surface area contributed by atoms with Gasteiger partial charge in [0.05, 0.1) is 0 Å². The minimum absolute atomic E-state index is 0.0782. The van der Waals surface area contributed by atoms with Crippen molar-refractivity contribution in [1.82, 2.24) is 0 Å². The lowest BCUT2D eigenvalue weighted by Crippen LogP contribution is -2.41. The average Bonchev–Trinajstić information content (AvgIpc) is 2.35. The van der Waals surface area contributed by atoms with Crippen molar-refractivity contribution in [3.05, 3.63) is 34.1 Å². The number of carbonyl (C=O) groups is 1. The van der Waals surface area contributed by atoms with Crippen LogP contribution in [0, 0.1) is 5.82 Å². The highest BCUT2D eigenvalue weighted by Crippen LogP contribution is 2.30. The average molecular weight is 315 g/mol. The molecule has 0 aromatic heterocycles. The summed E-state index contributed by atoms with van der Waals surface area (Å²) in [6, 6.07) is 4.27. The van der Waals surface area contributed by atoms with E-state index in [1.807, 2.05) is 0 Å². The highest BCUT2D eigenvalue weighted by atomic mass is 79.9. The van der Waals surface area contributed by atoms with Crippen LogP contribution in [0.4, 0.5) is 4.39 Å². The van der Waals surface area contributed by atoms with Gasteiger partial charge in [-0.1, -0.05) is 35.2 Å². The Morgan fingerprint density at radius 1 is 1.33 bits per heavy atom. The molecule has 98 valence electrons. The van der Waals surface area contributed by atoms with Crippen molar-refractivity contribution in [2.75, 3.05) is 0 Å². The molecule has 4 heteroatoms. The third-order valence-corrected chi connectivity index (χ3v) is 4.33. The lowest BCUT2D eigenvalue weighted by Gasteiger charge is -2.30.